The van der Waals surface area contributed by atoms with Gasteiger partial charge in [0.25, 0.3) is 0 Å². The maximum Gasteiger partial charge on any atom is 0.331 e. The van der Waals surface area contributed by atoms with Gasteiger partial charge in [-0.15, -0.1) is 0 Å². The van der Waals surface area contributed by atoms with Crippen LogP contribution in [-0.2, 0) is 14.3 Å². The number of hydrogen-bond acceptors (Lipinski definition) is 3. The first-order valence-electron chi connectivity index (χ1n) is 6.17. The van der Waals surface area contributed by atoms with Crippen LogP contribution in [0.4, 0.5) is 0 Å². The van der Waals surface area contributed by atoms with Crippen LogP contribution >= 0.6 is 0 Å². The van der Waals surface area contributed by atoms with Gasteiger partial charge in [0.05, 0.1) is 0 Å². The highest BCUT2D eigenvalue weighted by Crippen LogP contribution is 2.14. The summed E-state index contributed by atoms with van der Waals surface area (Å²) in [6.07, 6.45) is 7.41. The van der Waals surface area contributed by atoms with E-state index in [4.69, 9.17) is 4.74 Å². The van der Waals surface area contributed by atoms with E-state index >= 15 is 0 Å². The van der Waals surface area contributed by atoms with Crippen LogP contribution in [0.5, 0.6) is 0 Å². The Labute approximate surface area is 108 Å². The Morgan fingerprint density at radius 1 is 1.39 bits per heavy atom. The summed E-state index contributed by atoms with van der Waals surface area (Å²) < 4.78 is 4.82. The van der Waals surface area contributed by atoms with Crippen molar-refractivity contribution in [3.8, 4) is 0 Å². The van der Waals surface area contributed by atoms with Gasteiger partial charge in [0.15, 0.2) is 5.78 Å². The molecular weight excluding hydrogens is 228 g/mol. The zero-order valence-electron chi connectivity index (χ0n) is 11.3. The second-order valence-electron chi connectivity index (χ2n) is 4.86. The highest BCUT2D eigenvalue weighted by Gasteiger charge is 2.11. The average molecular weight is 248 g/mol. The first kappa shape index (κ1) is 14.4. The minimum atomic E-state index is -0.246. The van der Waals surface area contributed by atoms with Gasteiger partial charge in [-0.05, 0) is 45.3 Å². The van der Waals surface area contributed by atoms with Gasteiger partial charge in [0.1, 0.15) is 6.61 Å². The van der Waals surface area contributed by atoms with Crippen LogP contribution in [0.25, 0.3) is 0 Å². The normalized spacial score (nSPS) is 15.2. The number of cyclic esters (lactones) is 1. The van der Waals surface area contributed by atoms with Gasteiger partial charge in [-0.25, -0.2) is 4.79 Å². The summed E-state index contributed by atoms with van der Waals surface area (Å²) in [7, 11) is 0. The number of carbonyl (C=O) groups is 2. The highest BCUT2D eigenvalue weighted by molar-refractivity contribution is 5.91. The standard InChI is InChI=1S/C15H20O3/c1-11(2)7-14(16)8-12(3)5-4-6-13-9-15(17)18-10-13/h5,7,9H,4,6,8,10H2,1-3H3/b12-5-. The summed E-state index contributed by atoms with van der Waals surface area (Å²) in [4.78, 5) is 22.4. The lowest BCUT2D eigenvalue weighted by atomic mass is 10.1. The third-order valence-electron chi connectivity index (χ3n) is 2.58. The topological polar surface area (TPSA) is 43.4 Å². The zero-order chi connectivity index (χ0) is 13.5. The minimum Gasteiger partial charge on any atom is -0.458 e. The van der Waals surface area contributed by atoms with Crippen molar-refractivity contribution >= 4 is 11.8 Å². The molecule has 1 aliphatic rings. The van der Waals surface area contributed by atoms with E-state index in [0.29, 0.717) is 13.0 Å². The van der Waals surface area contributed by atoms with Crippen LogP contribution in [0, 0.1) is 0 Å². The quantitative estimate of drug-likeness (QED) is 0.412. The van der Waals surface area contributed by atoms with Crippen LogP contribution < -0.4 is 0 Å². The Bertz CT molecular complexity index is 421. The van der Waals surface area contributed by atoms with Gasteiger partial charge in [0.2, 0.25) is 0 Å². The molecule has 0 fully saturated rings. The lowest BCUT2D eigenvalue weighted by Crippen LogP contribution is -1.95. The molecule has 18 heavy (non-hydrogen) atoms. The lowest BCUT2D eigenvalue weighted by Gasteiger charge is -2.00. The SMILES string of the molecule is CC(C)=CC(=O)C/C(C)=C\CCC1=CC(=O)OC1. The van der Waals surface area contributed by atoms with E-state index in [1.54, 1.807) is 12.2 Å². The van der Waals surface area contributed by atoms with Gasteiger partial charge in [-0.1, -0.05) is 17.2 Å². The van der Waals surface area contributed by atoms with Crippen molar-refractivity contribution in [2.24, 2.45) is 0 Å². The number of carbonyl (C=O) groups excluding carboxylic acids is 2. The van der Waals surface area contributed by atoms with Crippen molar-refractivity contribution in [2.75, 3.05) is 6.61 Å². The molecule has 1 aliphatic heterocycles. The van der Waals surface area contributed by atoms with Crippen LogP contribution in [-0.4, -0.2) is 18.4 Å². The molecule has 1 heterocycles. The summed E-state index contributed by atoms with van der Waals surface area (Å²) in [6, 6.07) is 0. The molecule has 0 spiro atoms. The van der Waals surface area contributed by atoms with E-state index in [0.717, 1.165) is 29.6 Å². The van der Waals surface area contributed by atoms with Gasteiger partial charge in [-0.3, -0.25) is 4.79 Å². The molecule has 0 aromatic rings. The number of ketones is 1. The molecule has 0 aromatic heterocycles. The number of hydrogen-bond donors (Lipinski definition) is 0. The molecule has 0 radical (unpaired) electrons. The third-order valence-corrected chi connectivity index (χ3v) is 2.58. The van der Waals surface area contributed by atoms with E-state index in [1.807, 2.05) is 20.8 Å². The van der Waals surface area contributed by atoms with Crippen molar-refractivity contribution < 1.29 is 14.3 Å². The third kappa shape index (κ3) is 5.62. The Hall–Kier alpha value is -1.64. The van der Waals surface area contributed by atoms with Crippen molar-refractivity contribution in [3.05, 3.63) is 34.9 Å². The molecule has 0 saturated heterocycles. The first-order chi connectivity index (χ1) is 8.47. The van der Waals surface area contributed by atoms with Crippen LogP contribution in [0.1, 0.15) is 40.0 Å². The molecule has 0 unspecified atom stereocenters. The van der Waals surface area contributed by atoms with Gasteiger partial charge in [-0.2, -0.15) is 0 Å². The molecule has 98 valence electrons. The van der Waals surface area contributed by atoms with E-state index in [9.17, 15) is 9.59 Å². The van der Waals surface area contributed by atoms with E-state index in [1.165, 1.54) is 0 Å². The molecule has 0 aliphatic carbocycles. The maximum absolute atomic E-state index is 11.5. The van der Waals surface area contributed by atoms with Crippen LogP contribution in [0.15, 0.2) is 34.9 Å². The molecule has 0 N–H and O–H groups in total. The number of ether oxygens (including phenoxy) is 1. The van der Waals surface area contributed by atoms with Gasteiger partial charge >= 0.3 is 5.97 Å². The Morgan fingerprint density at radius 2 is 2.11 bits per heavy atom. The summed E-state index contributed by atoms with van der Waals surface area (Å²) in [5.74, 6) is -0.105. The summed E-state index contributed by atoms with van der Waals surface area (Å²) >= 11 is 0. The number of rotatable bonds is 6. The molecule has 0 saturated carbocycles. The number of allylic oxidation sites excluding steroid dienone is 4. The van der Waals surface area contributed by atoms with E-state index < -0.39 is 0 Å². The van der Waals surface area contributed by atoms with Gasteiger partial charge < -0.3 is 4.74 Å². The van der Waals surface area contributed by atoms with Crippen molar-refractivity contribution in [3.63, 3.8) is 0 Å². The molecule has 0 bridgehead atoms. The van der Waals surface area contributed by atoms with Crippen LogP contribution in [0.3, 0.4) is 0 Å². The number of esters is 1. The molecule has 0 atom stereocenters. The lowest BCUT2D eigenvalue weighted by molar-refractivity contribution is -0.135. The Morgan fingerprint density at radius 3 is 2.67 bits per heavy atom. The molecule has 3 heteroatoms. The fraction of sp³-hybridized carbons (Fsp3) is 0.467. The van der Waals surface area contributed by atoms with E-state index in [-0.39, 0.29) is 11.8 Å². The minimum absolute atomic E-state index is 0.141. The second-order valence-corrected chi connectivity index (χ2v) is 4.86. The van der Waals surface area contributed by atoms with Gasteiger partial charge in [0, 0.05) is 12.5 Å². The second kappa shape index (κ2) is 6.94. The van der Waals surface area contributed by atoms with Crippen molar-refractivity contribution in [1.82, 2.24) is 0 Å². The monoisotopic (exact) mass is 248 g/mol. The molecule has 0 aromatic carbocycles. The average Bonchev–Trinajstić information content (AvgIpc) is 2.62. The Balaban J connectivity index is 2.34. The fourth-order valence-corrected chi connectivity index (χ4v) is 1.78. The summed E-state index contributed by atoms with van der Waals surface area (Å²) in [5.41, 5.74) is 3.13. The summed E-state index contributed by atoms with van der Waals surface area (Å²) in [6.45, 7) is 6.21. The molecule has 3 nitrogen and oxygen atoms in total. The summed E-state index contributed by atoms with van der Waals surface area (Å²) in [5, 5.41) is 0. The predicted octanol–water partition coefficient (Wildman–Crippen LogP) is 3.12. The smallest absolute Gasteiger partial charge is 0.331 e. The highest BCUT2D eigenvalue weighted by atomic mass is 16.5. The maximum atomic E-state index is 11.5. The Kier molecular flexibility index (Phi) is 5.56. The zero-order valence-corrected chi connectivity index (χ0v) is 11.3. The van der Waals surface area contributed by atoms with Crippen LogP contribution in [0.2, 0.25) is 0 Å². The van der Waals surface area contributed by atoms with E-state index in [2.05, 4.69) is 6.08 Å². The largest absolute Gasteiger partial charge is 0.458 e. The molecule has 1 rings (SSSR count). The fourth-order valence-electron chi connectivity index (χ4n) is 1.78. The molecule has 0 amide bonds. The van der Waals surface area contributed by atoms with Crippen molar-refractivity contribution in [1.29, 1.82) is 0 Å². The first-order valence-corrected chi connectivity index (χ1v) is 6.17. The molecular formula is C15H20O3. The van der Waals surface area contributed by atoms with Crippen molar-refractivity contribution in [2.45, 2.75) is 40.0 Å². The predicted molar refractivity (Wildman–Crippen MR) is 71.1 cm³/mol.